The van der Waals surface area contributed by atoms with Crippen molar-refractivity contribution in [2.24, 2.45) is 0 Å². The highest BCUT2D eigenvalue weighted by molar-refractivity contribution is 5.43. The van der Waals surface area contributed by atoms with E-state index in [4.69, 9.17) is 9.47 Å². The zero-order valence-electron chi connectivity index (χ0n) is 15.7. The van der Waals surface area contributed by atoms with Crippen LogP contribution in [-0.2, 0) is 19.6 Å². The van der Waals surface area contributed by atoms with Gasteiger partial charge in [0.25, 0.3) is 0 Å². The molecule has 0 unspecified atom stereocenters. The van der Waals surface area contributed by atoms with Gasteiger partial charge in [-0.2, -0.15) is 0 Å². The van der Waals surface area contributed by atoms with E-state index in [2.05, 4.69) is 46.7 Å². The summed E-state index contributed by atoms with van der Waals surface area (Å²) in [5, 5.41) is 3.50. The van der Waals surface area contributed by atoms with E-state index in [0.29, 0.717) is 6.61 Å². The number of aryl methyl sites for hydroxylation is 1. The number of hydrogen-bond acceptors (Lipinski definition) is 4. The predicted octanol–water partition coefficient (Wildman–Crippen LogP) is 4.39. The fourth-order valence-electron chi connectivity index (χ4n) is 2.88. The van der Waals surface area contributed by atoms with Crippen LogP contribution in [-0.4, -0.2) is 18.6 Å². The first-order chi connectivity index (χ1) is 13.3. The van der Waals surface area contributed by atoms with Gasteiger partial charge in [0.2, 0.25) is 0 Å². The predicted molar refractivity (Wildman–Crippen MR) is 108 cm³/mol. The van der Waals surface area contributed by atoms with Gasteiger partial charge in [-0.3, -0.25) is 4.98 Å². The summed E-state index contributed by atoms with van der Waals surface area (Å²) in [6.07, 6.45) is 5.78. The van der Waals surface area contributed by atoms with E-state index in [1.807, 2.05) is 30.5 Å². The molecule has 0 bridgehead atoms. The van der Waals surface area contributed by atoms with Crippen molar-refractivity contribution in [3.63, 3.8) is 0 Å². The number of hydrogen-bond donors (Lipinski definition) is 1. The number of nitrogens with zero attached hydrogens (tertiary/aromatic N) is 1. The molecule has 0 saturated carbocycles. The maximum Gasteiger partial charge on any atom is 0.161 e. The Hall–Kier alpha value is -2.85. The van der Waals surface area contributed by atoms with Crippen LogP contribution in [0.15, 0.2) is 73.1 Å². The van der Waals surface area contributed by atoms with Gasteiger partial charge in [-0.15, -0.1) is 0 Å². The SMILES string of the molecule is COc1ccc(CNCCCc2ccccc2)cc1OCc1cccnc1. The van der Waals surface area contributed by atoms with Crippen molar-refractivity contribution in [2.75, 3.05) is 13.7 Å². The second-order valence-corrected chi connectivity index (χ2v) is 6.40. The van der Waals surface area contributed by atoms with Crippen molar-refractivity contribution in [2.45, 2.75) is 26.0 Å². The third kappa shape index (κ3) is 6.12. The largest absolute Gasteiger partial charge is 0.493 e. The molecule has 140 valence electrons. The summed E-state index contributed by atoms with van der Waals surface area (Å²) in [5.74, 6) is 1.50. The van der Waals surface area contributed by atoms with Crippen molar-refractivity contribution in [3.05, 3.63) is 89.7 Å². The minimum Gasteiger partial charge on any atom is -0.493 e. The third-order valence-electron chi connectivity index (χ3n) is 4.34. The average Bonchev–Trinajstić information content (AvgIpc) is 2.73. The van der Waals surface area contributed by atoms with Gasteiger partial charge in [0.05, 0.1) is 7.11 Å². The summed E-state index contributed by atoms with van der Waals surface area (Å²) in [6.45, 7) is 2.26. The molecule has 4 nitrogen and oxygen atoms in total. The van der Waals surface area contributed by atoms with Gasteiger partial charge < -0.3 is 14.8 Å². The van der Waals surface area contributed by atoms with Crippen LogP contribution in [0.5, 0.6) is 11.5 Å². The molecule has 0 amide bonds. The number of aromatic nitrogens is 1. The summed E-state index contributed by atoms with van der Waals surface area (Å²) < 4.78 is 11.4. The second-order valence-electron chi connectivity index (χ2n) is 6.40. The Morgan fingerprint density at radius 3 is 2.52 bits per heavy atom. The number of nitrogens with one attached hydrogen (secondary N) is 1. The normalized spacial score (nSPS) is 10.6. The molecule has 1 N–H and O–H groups in total. The zero-order chi connectivity index (χ0) is 18.7. The van der Waals surface area contributed by atoms with Crippen LogP contribution in [0, 0.1) is 0 Å². The van der Waals surface area contributed by atoms with Gasteiger partial charge in [0.1, 0.15) is 6.61 Å². The molecule has 0 aliphatic carbocycles. The van der Waals surface area contributed by atoms with Gasteiger partial charge in [0, 0.05) is 24.5 Å². The summed E-state index contributed by atoms with van der Waals surface area (Å²) in [6, 6.07) is 20.6. The summed E-state index contributed by atoms with van der Waals surface area (Å²) >= 11 is 0. The number of benzene rings is 2. The van der Waals surface area contributed by atoms with Crippen LogP contribution in [0.2, 0.25) is 0 Å². The lowest BCUT2D eigenvalue weighted by Gasteiger charge is -2.13. The fraction of sp³-hybridized carbons (Fsp3) is 0.261. The first kappa shape index (κ1) is 18.9. The number of ether oxygens (including phenoxy) is 2. The molecule has 0 aliphatic rings. The topological polar surface area (TPSA) is 43.4 Å². The van der Waals surface area contributed by atoms with E-state index in [9.17, 15) is 0 Å². The molecule has 2 aromatic carbocycles. The third-order valence-corrected chi connectivity index (χ3v) is 4.34. The standard InChI is InChI=1S/C23H26N2O2/c1-26-22-12-11-20(15-23(22)27-18-21-10-6-14-25-17-21)16-24-13-5-9-19-7-3-2-4-8-19/h2-4,6-8,10-12,14-15,17,24H,5,9,13,16,18H2,1H3. The Balaban J connectivity index is 1.48. The number of methoxy groups -OCH3 is 1. The lowest BCUT2D eigenvalue weighted by molar-refractivity contribution is 0.283. The summed E-state index contributed by atoms with van der Waals surface area (Å²) in [5.41, 5.74) is 3.59. The smallest absolute Gasteiger partial charge is 0.161 e. The molecule has 4 heteroatoms. The Labute approximate surface area is 161 Å². The molecule has 27 heavy (non-hydrogen) atoms. The number of rotatable bonds is 10. The van der Waals surface area contributed by atoms with Crippen molar-refractivity contribution in [1.29, 1.82) is 0 Å². The van der Waals surface area contributed by atoms with Gasteiger partial charge >= 0.3 is 0 Å². The molecular formula is C23H26N2O2. The molecule has 0 spiro atoms. The molecule has 0 saturated heterocycles. The first-order valence-corrected chi connectivity index (χ1v) is 9.28. The fourth-order valence-corrected chi connectivity index (χ4v) is 2.88. The van der Waals surface area contributed by atoms with Gasteiger partial charge in [-0.1, -0.05) is 42.5 Å². The quantitative estimate of drug-likeness (QED) is 0.543. The highest BCUT2D eigenvalue weighted by Gasteiger charge is 2.06. The number of pyridine rings is 1. The van der Waals surface area contributed by atoms with E-state index in [1.54, 1.807) is 13.3 Å². The van der Waals surface area contributed by atoms with Crippen molar-refractivity contribution in [3.8, 4) is 11.5 Å². The minimum atomic E-state index is 0.470. The molecular weight excluding hydrogens is 336 g/mol. The Morgan fingerprint density at radius 1 is 0.889 bits per heavy atom. The molecule has 0 radical (unpaired) electrons. The lowest BCUT2D eigenvalue weighted by Crippen LogP contribution is -2.15. The minimum absolute atomic E-state index is 0.470. The molecule has 0 aliphatic heterocycles. The van der Waals surface area contributed by atoms with Crippen LogP contribution in [0.25, 0.3) is 0 Å². The Kier molecular flexibility index (Phi) is 7.25. The van der Waals surface area contributed by atoms with Gasteiger partial charge in [-0.25, -0.2) is 0 Å². The lowest BCUT2D eigenvalue weighted by atomic mass is 10.1. The highest BCUT2D eigenvalue weighted by atomic mass is 16.5. The van der Waals surface area contributed by atoms with E-state index in [1.165, 1.54) is 11.1 Å². The monoisotopic (exact) mass is 362 g/mol. The van der Waals surface area contributed by atoms with Gasteiger partial charge in [-0.05, 0) is 48.7 Å². The molecule has 1 heterocycles. The summed E-state index contributed by atoms with van der Waals surface area (Å²) in [7, 11) is 1.66. The van der Waals surface area contributed by atoms with E-state index < -0.39 is 0 Å². The maximum atomic E-state index is 5.95. The van der Waals surface area contributed by atoms with E-state index in [-0.39, 0.29) is 0 Å². The maximum absolute atomic E-state index is 5.95. The summed E-state index contributed by atoms with van der Waals surface area (Å²) in [4.78, 5) is 4.12. The van der Waals surface area contributed by atoms with Crippen LogP contribution in [0.4, 0.5) is 0 Å². The Morgan fingerprint density at radius 2 is 1.74 bits per heavy atom. The first-order valence-electron chi connectivity index (χ1n) is 9.28. The van der Waals surface area contributed by atoms with E-state index >= 15 is 0 Å². The van der Waals surface area contributed by atoms with Crippen LogP contribution in [0.1, 0.15) is 23.1 Å². The molecule has 0 fully saturated rings. The van der Waals surface area contributed by atoms with Crippen molar-refractivity contribution < 1.29 is 9.47 Å². The Bertz CT molecular complexity index is 807. The van der Waals surface area contributed by atoms with Crippen molar-refractivity contribution >= 4 is 0 Å². The van der Waals surface area contributed by atoms with Crippen LogP contribution < -0.4 is 14.8 Å². The molecule has 3 aromatic rings. The van der Waals surface area contributed by atoms with Crippen LogP contribution >= 0.6 is 0 Å². The molecule has 1 aromatic heterocycles. The highest BCUT2D eigenvalue weighted by Crippen LogP contribution is 2.28. The molecule has 0 atom stereocenters. The van der Waals surface area contributed by atoms with Gasteiger partial charge in [0.15, 0.2) is 11.5 Å². The average molecular weight is 362 g/mol. The van der Waals surface area contributed by atoms with Crippen LogP contribution in [0.3, 0.4) is 0 Å². The van der Waals surface area contributed by atoms with Crippen molar-refractivity contribution in [1.82, 2.24) is 10.3 Å². The van der Waals surface area contributed by atoms with E-state index in [0.717, 1.165) is 43.0 Å². The molecule has 3 rings (SSSR count). The second kappa shape index (κ2) is 10.3. The zero-order valence-corrected chi connectivity index (χ0v) is 15.7.